The Balaban J connectivity index is 1.09. The van der Waals surface area contributed by atoms with Crippen molar-refractivity contribution in [1.82, 2.24) is 15.0 Å². The molecule has 0 radical (unpaired) electrons. The Labute approximate surface area is 364 Å². The van der Waals surface area contributed by atoms with Crippen molar-refractivity contribution in [2.75, 3.05) is 0 Å². The van der Waals surface area contributed by atoms with Crippen molar-refractivity contribution in [3.8, 4) is 67.5 Å². The van der Waals surface area contributed by atoms with E-state index in [2.05, 4.69) is 163 Å². The molecule has 4 nitrogen and oxygen atoms in total. The minimum atomic E-state index is -0.618. The highest BCUT2D eigenvalue weighted by atomic mass is 32.2. The molecule has 62 heavy (non-hydrogen) atoms. The molecule has 288 valence electrons. The molecule has 1 aliphatic carbocycles. The Bertz CT molecular complexity index is 3390. The zero-order chi connectivity index (χ0) is 41.2. The molecule has 0 saturated heterocycles. The maximum Gasteiger partial charge on any atom is 0.187 e. The van der Waals surface area contributed by atoms with Crippen molar-refractivity contribution in [3.05, 3.63) is 240 Å². The molecule has 10 aromatic rings. The van der Waals surface area contributed by atoms with E-state index in [1.165, 1.54) is 59.5 Å². The second-order valence-electron chi connectivity index (χ2n) is 15.8. The molecular weight excluding hydrogens is 773 g/mol. The minimum Gasteiger partial charge on any atom is -0.238 e. The minimum absolute atomic E-state index is 0.618. The Morgan fingerprint density at radius 2 is 0.839 bits per heavy atom. The zero-order valence-corrected chi connectivity index (χ0v) is 34.1. The molecule has 1 aliphatic heterocycles. The van der Waals surface area contributed by atoms with Gasteiger partial charge in [-0.25, -0.2) is 19.8 Å². The first kappa shape index (κ1) is 36.0. The molecule has 1 unspecified atom stereocenters. The van der Waals surface area contributed by atoms with Crippen molar-refractivity contribution in [2.45, 2.75) is 15.2 Å². The van der Waals surface area contributed by atoms with Gasteiger partial charge < -0.3 is 0 Å². The van der Waals surface area contributed by atoms with Crippen LogP contribution in [0.25, 0.3) is 83.2 Å². The average molecular weight is 807 g/mol. The van der Waals surface area contributed by atoms with Crippen molar-refractivity contribution < 1.29 is 0 Å². The number of hydrogen-bond donors (Lipinski definition) is 0. The molecule has 0 saturated carbocycles. The molecule has 2 heterocycles. The Hall–Kier alpha value is -7.91. The second kappa shape index (κ2) is 14.4. The van der Waals surface area contributed by atoms with Gasteiger partial charge in [0.1, 0.15) is 0 Å². The van der Waals surface area contributed by atoms with Gasteiger partial charge >= 0.3 is 0 Å². The van der Waals surface area contributed by atoms with E-state index in [0.29, 0.717) is 23.2 Å². The highest BCUT2D eigenvalue weighted by molar-refractivity contribution is 7.99. The lowest BCUT2D eigenvalue weighted by Gasteiger charge is -2.40. The van der Waals surface area contributed by atoms with Gasteiger partial charge in [-0.15, -0.1) is 0 Å². The Kier molecular flexibility index (Phi) is 8.35. The van der Waals surface area contributed by atoms with Gasteiger partial charge in [0, 0.05) is 26.5 Å². The van der Waals surface area contributed by atoms with Gasteiger partial charge in [-0.3, -0.25) is 0 Å². The summed E-state index contributed by atoms with van der Waals surface area (Å²) in [5, 5.41) is 2.36. The molecule has 1 atom stereocenters. The van der Waals surface area contributed by atoms with Crippen LogP contribution >= 0.6 is 11.8 Å². The van der Waals surface area contributed by atoms with Crippen LogP contribution in [0.15, 0.2) is 216 Å². The van der Waals surface area contributed by atoms with Gasteiger partial charge in [0.25, 0.3) is 0 Å². The van der Waals surface area contributed by atoms with Crippen LogP contribution in [0.2, 0.25) is 0 Å². The molecule has 0 amide bonds. The molecule has 0 fully saturated rings. The van der Waals surface area contributed by atoms with Crippen LogP contribution in [0.1, 0.15) is 22.3 Å². The normalized spacial score (nSPS) is 14.4. The number of hydrogen-bond acceptors (Lipinski definition) is 4. The van der Waals surface area contributed by atoms with Crippen LogP contribution in [0, 0.1) is 6.57 Å². The summed E-state index contributed by atoms with van der Waals surface area (Å²) in [5.41, 5.74) is 14.9. The fourth-order valence-corrected chi connectivity index (χ4v) is 10.8. The number of rotatable bonds is 5. The van der Waals surface area contributed by atoms with Gasteiger partial charge in [-0.05, 0) is 90.7 Å². The monoisotopic (exact) mass is 806 g/mol. The summed E-state index contributed by atoms with van der Waals surface area (Å²) >= 11 is 1.85. The summed E-state index contributed by atoms with van der Waals surface area (Å²) < 4.78 is 0. The molecular formula is C57H34N4S. The molecule has 1 aromatic heterocycles. The molecule has 1 spiro atoms. The summed E-state index contributed by atoms with van der Waals surface area (Å²) in [7, 11) is 0. The third kappa shape index (κ3) is 5.58. The van der Waals surface area contributed by atoms with Gasteiger partial charge in [0.15, 0.2) is 23.2 Å². The highest BCUT2D eigenvalue weighted by Gasteiger charge is 2.50. The Morgan fingerprint density at radius 3 is 1.52 bits per heavy atom. The second-order valence-corrected chi connectivity index (χ2v) is 16.9. The van der Waals surface area contributed by atoms with Crippen molar-refractivity contribution >= 4 is 28.2 Å². The van der Waals surface area contributed by atoms with E-state index in [-0.39, 0.29) is 0 Å². The molecule has 2 aliphatic rings. The SMILES string of the molecule is [C-]#[N+]c1ccc(-c2ccc(-c3ccc4c(c3)C3(c5ccccc5S4)c4ccccc4-c4ccc(-c5nc(-c6ccccc6)nc(-c6ccccc6)n5)cc43)c3ccccc23)cc1. The molecule has 5 heteroatoms. The molecule has 0 bridgehead atoms. The largest absolute Gasteiger partial charge is 0.238 e. The molecule has 9 aromatic carbocycles. The van der Waals surface area contributed by atoms with Crippen molar-refractivity contribution in [3.63, 3.8) is 0 Å². The van der Waals surface area contributed by atoms with E-state index in [1.807, 2.05) is 60.3 Å². The van der Waals surface area contributed by atoms with Gasteiger partial charge in [0.05, 0.1) is 12.0 Å². The number of aromatic nitrogens is 3. The summed E-state index contributed by atoms with van der Waals surface area (Å²) in [6.45, 7) is 7.46. The fraction of sp³-hybridized carbons (Fsp3) is 0.0175. The zero-order valence-electron chi connectivity index (χ0n) is 33.3. The van der Waals surface area contributed by atoms with Crippen LogP contribution in [-0.2, 0) is 5.41 Å². The van der Waals surface area contributed by atoms with Crippen LogP contribution in [-0.4, -0.2) is 15.0 Å². The molecule has 0 N–H and O–H groups in total. The van der Waals surface area contributed by atoms with E-state index >= 15 is 0 Å². The maximum absolute atomic E-state index is 7.46. The summed E-state index contributed by atoms with van der Waals surface area (Å²) in [6, 6.07) is 73.2. The lowest BCUT2D eigenvalue weighted by atomic mass is 9.66. The van der Waals surface area contributed by atoms with Gasteiger partial charge in [-0.1, -0.05) is 194 Å². The van der Waals surface area contributed by atoms with Gasteiger partial charge in [0.2, 0.25) is 0 Å². The van der Waals surface area contributed by atoms with E-state index in [9.17, 15) is 0 Å². The first-order valence-corrected chi connectivity index (χ1v) is 21.5. The average Bonchev–Trinajstić information content (AvgIpc) is 3.64. The van der Waals surface area contributed by atoms with Crippen LogP contribution in [0.5, 0.6) is 0 Å². The van der Waals surface area contributed by atoms with E-state index in [1.54, 1.807) is 0 Å². The van der Waals surface area contributed by atoms with Crippen LogP contribution in [0.4, 0.5) is 5.69 Å². The summed E-state index contributed by atoms with van der Waals surface area (Å²) in [5.74, 6) is 1.91. The van der Waals surface area contributed by atoms with E-state index in [4.69, 9.17) is 21.5 Å². The van der Waals surface area contributed by atoms with Crippen molar-refractivity contribution in [2.24, 2.45) is 0 Å². The topological polar surface area (TPSA) is 43.0 Å². The Morgan fingerprint density at radius 1 is 0.355 bits per heavy atom. The number of benzene rings is 9. The van der Waals surface area contributed by atoms with Crippen LogP contribution < -0.4 is 0 Å². The number of nitrogens with zero attached hydrogens (tertiary/aromatic N) is 4. The third-order valence-corrected chi connectivity index (χ3v) is 13.6. The predicted molar refractivity (Wildman–Crippen MR) is 252 cm³/mol. The summed E-state index contributed by atoms with van der Waals surface area (Å²) in [6.07, 6.45) is 0. The quantitative estimate of drug-likeness (QED) is 0.163. The fourth-order valence-electron chi connectivity index (χ4n) is 9.66. The highest BCUT2D eigenvalue weighted by Crippen LogP contribution is 2.63. The standard InChI is InChI=1S/C57H34N4S/c1-58-41-28-24-36(25-29-41)42-31-32-43(45-19-9-8-18-44(42)45)39-27-33-53-51(34-39)57(49-22-12-13-23-52(49)62-53)48-21-11-10-20-46(48)47-30-26-40(35-50(47)57)56-60-54(37-14-4-2-5-15-37)59-55(61-56)38-16-6-3-7-17-38/h2-35H. The lowest BCUT2D eigenvalue weighted by Crippen LogP contribution is -2.32. The molecule has 12 rings (SSSR count). The van der Waals surface area contributed by atoms with Crippen molar-refractivity contribution in [1.29, 1.82) is 0 Å². The third-order valence-electron chi connectivity index (χ3n) is 12.4. The number of fused-ring (bicyclic) bond motifs is 10. The van der Waals surface area contributed by atoms with E-state index < -0.39 is 5.41 Å². The smallest absolute Gasteiger partial charge is 0.187 e. The first-order valence-electron chi connectivity index (χ1n) is 20.7. The summed E-state index contributed by atoms with van der Waals surface area (Å²) in [4.78, 5) is 21.5. The van der Waals surface area contributed by atoms with E-state index in [0.717, 1.165) is 33.4 Å². The lowest BCUT2D eigenvalue weighted by molar-refractivity contribution is 0.723. The first-order chi connectivity index (χ1) is 30.7. The van der Waals surface area contributed by atoms with Gasteiger partial charge in [-0.2, -0.15) is 0 Å². The predicted octanol–water partition coefficient (Wildman–Crippen LogP) is 14.7. The van der Waals surface area contributed by atoms with Crippen LogP contribution in [0.3, 0.4) is 0 Å². The maximum atomic E-state index is 7.46.